The van der Waals surface area contributed by atoms with Crippen LogP contribution in [-0.4, -0.2) is 15.0 Å². The predicted octanol–water partition coefficient (Wildman–Crippen LogP) is 2.41. The van der Waals surface area contributed by atoms with E-state index in [4.69, 9.17) is 5.26 Å². The molecule has 0 aliphatic heterocycles. The van der Waals surface area contributed by atoms with Gasteiger partial charge in [-0.25, -0.2) is 4.68 Å². The van der Waals surface area contributed by atoms with E-state index in [0.29, 0.717) is 12.3 Å². The summed E-state index contributed by atoms with van der Waals surface area (Å²) in [5.41, 5.74) is 2.14. The zero-order valence-corrected chi connectivity index (χ0v) is 9.82. The Morgan fingerprint density at radius 3 is 2.81 bits per heavy atom. The van der Waals surface area contributed by atoms with Crippen molar-refractivity contribution in [1.29, 1.82) is 5.26 Å². The van der Waals surface area contributed by atoms with Gasteiger partial charge in [-0.3, -0.25) is 0 Å². The van der Waals surface area contributed by atoms with Crippen molar-refractivity contribution in [1.82, 2.24) is 15.0 Å². The van der Waals surface area contributed by atoms with Gasteiger partial charge in [0.15, 0.2) is 0 Å². The van der Waals surface area contributed by atoms with Crippen molar-refractivity contribution in [3.05, 3.63) is 11.4 Å². The third-order valence-electron chi connectivity index (χ3n) is 3.27. The van der Waals surface area contributed by atoms with E-state index in [9.17, 15) is 0 Å². The molecule has 0 radical (unpaired) electrons. The third-order valence-corrected chi connectivity index (χ3v) is 3.27. The van der Waals surface area contributed by atoms with Gasteiger partial charge in [-0.15, -0.1) is 5.10 Å². The van der Waals surface area contributed by atoms with Crippen LogP contribution in [0.3, 0.4) is 0 Å². The van der Waals surface area contributed by atoms with Crippen molar-refractivity contribution in [2.24, 2.45) is 0 Å². The lowest BCUT2D eigenvalue weighted by atomic mass is 10.0. The lowest BCUT2D eigenvalue weighted by molar-refractivity contribution is 0.525. The summed E-state index contributed by atoms with van der Waals surface area (Å²) in [4.78, 5) is 0. The summed E-state index contributed by atoms with van der Waals surface area (Å²) >= 11 is 0. The van der Waals surface area contributed by atoms with Gasteiger partial charge in [-0.05, 0) is 19.3 Å². The fourth-order valence-electron chi connectivity index (χ4n) is 2.58. The fraction of sp³-hybridized carbons (Fsp3) is 0.750. The SMILES string of the molecule is CCCn1nnc(CC#N)c1C1CCCC1. The number of aromatic nitrogens is 3. The van der Waals surface area contributed by atoms with Crippen LogP contribution in [0.5, 0.6) is 0 Å². The van der Waals surface area contributed by atoms with E-state index < -0.39 is 0 Å². The van der Waals surface area contributed by atoms with Crippen LogP contribution < -0.4 is 0 Å². The highest BCUT2D eigenvalue weighted by molar-refractivity contribution is 5.19. The summed E-state index contributed by atoms with van der Waals surface area (Å²) in [6.45, 7) is 3.06. The normalized spacial score (nSPS) is 16.5. The van der Waals surface area contributed by atoms with Crippen molar-refractivity contribution in [2.45, 2.75) is 57.9 Å². The molecular weight excluding hydrogens is 200 g/mol. The second-order valence-electron chi connectivity index (χ2n) is 4.46. The number of hydrogen-bond donors (Lipinski definition) is 0. The van der Waals surface area contributed by atoms with Gasteiger partial charge >= 0.3 is 0 Å². The molecule has 0 spiro atoms. The van der Waals surface area contributed by atoms with E-state index in [1.165, 1.54) is 31.4 Å². The lowest BCUT2D eigenvalue weighted by Gasteiger charge is -2.12. The molecular formula is C12H18N4. The molecule has 0 saturated heterocycles. The summed E-state index contributed by atoms with van der Waals surface area (Å²) in [6.07, 6.45) is 6.53. The van der Waals surface area contributed by atoms with E-state index in [1.807, 2.05) is 4.68 Å². The number of rotatable bonds is 4. The molecule has 1 aromatic heterocycles. The van der Waals surface area contributed by atoms with Crippen molar-refractivity contribution >= 4 is 0 Å². The van der Waals surface area contributed by atoms with Crippen molar-refractivity contribution in [2.75, 3.05) is 0 Å². The molecule has 0 unspecified atom stereocenters. The first-order valence-corrected chi connectivity index (χ1v) is 6.16. The zero-order chi connectivity index (χ0) is 11.4. The molecule has 0 aromatic carbocycles. The molecule has 0 atom stereocenters. The fourth-order valence-corrected chi connectivity index (χ4v) is 2.58. The van der Waals surface area contributed by atoms with E-state index in [0.717, 1.165) is 18.7 Å². The zero-order valence-electron chi connectivity index (χ0n) is 9.82. The Labute approximate surface area is 96.3 Å². The Morgan fingerprint density at radius 1 is 1.44 bits per heavy atom. The van der Waals surface area contributed by atoms with Gasteiger partial charge in [0.25, 0.3) is 0 Å². The summed E-state index contributed by atoms with van der Waals surface area (Å²) in [7, 11) is 0. The van der Waals surface area contributed by atoms with Crippen LogP contribution in [0.1, 0.15) is 56.3 Å². The maximum Gasteiger partial charge on any atom is 0.100 e. The van der Waals surface area contributed by atoms with Gasteiger partial charge in [-0.1, -0.05) is 25.0 Å². The molecule has 16 heavy (non-hydrogen) atoms. The average Bonchev–Trinajstić information content (AvgIpc) is 2.88. The van der Waals surface area contributed by atoms with Gasteiger partial charge in [0, 0.05) is 12.5 Å². The quantitative estimate of drug-likeness (QED) is 0.779. The Bertz CT molecular complexity index is 382. The molecule has 4 nitrogen and oxygen atoms in total. The monoisotopic (exact) mass is 218 g/mol. The van der Waals surface area contributed by atoms with Crippen molar-refractivity contribution in [3.63, 3.8) is 0 Å². The lowest BCUT2D eigenvalue weighted by Crippen LogP contribution is -2.09. The third kappa shape index (κ3) is 2.08. The number of hydrogen-bond acceptors (Lipinski definition) is 3. The summed E-state index contributed by atoms with van der Waals surface area (Å²) < 4.78 is 2.02. The van der Waals surface area contributed by atoms with Gasteiger partial charge < -0.3 is 0 Å². The Morgan fingerprint density at radius 2 is 2.19 bits per heavy atom. The van der Waals surface area contributed by atoms with Crippen LogP contribution in [-0.2, 0) is 13.0 Å². The molecule has 1 aliphatic carbocycles. The van der Waals surface area contributed by atoms with Crippen LogP contribution in [0.4, 0.5) is 0 Å². The molecule has 0 N–H and O–H groups in total. The van der Waals surface area contributed by atoms with Crippen LogP contribution in [0.2, 0.25) is 0 Å². The molecule has 0 amide bonds. The van der Waals surface area contributed by atoms with Gasteiger partial charge in [0.05, 0.1) is 18.2 Å². The van der Waals surface area contributed by atoms with E-state index in [1.54, 1.807) is 0 Å². The minimum absolute atomic E-state index is 0.398. The van der Waals surface area contributed by atoms with E-state index in [2.05, 4.69) is 23.3 Å². The smallest absolute Gasteiger partial charge is 0.100 e. The van der Waals surface area contributed by atoms with Crippen LogP contribution in [0.25, 0.3) is 0 Å². The number of nitriles is 1. The van der Waals surface area contributed by atoms with Crippen molar-refractivity contribution in [3.8, 4) is 6.07 Å². The largest absolute Gasteiger partial charge is 0.249 e. The predicted molar refractivity (Wildman–Crippen MR) is 60.8 cm³/mol. The van der Waals surface area contributed by atoms with Gasteiger partial charge in [-0.2, -0.15) is 5.26 Å². The molecule has 0 bridgehead atoms. The second kappa shape index (κ2) is 5.11. The molecule has 1 aromatic rings. The highest BCUT2D eigenvalue weighted by Gasteiger charge is 2.25. The highest BCUT2D eigenvalue weighted by Crippen LogP contribution is 2.35. The molecule has 2 rings (SSSR count). The molecule has 1 heterocycles. The second-order valence-corrected chi connectivity index (χ2v) is 4.46. The van der Waals surface area contributed by atoms with E-state index >= 15 is 0 Å². The summed E-state index contributed by atoms with van der Waals surface area (Å²) in [5, 5.41) is 17.1. The first-order chi connectivity index (χ1) is 7.86. The maximum atomic E-state index is 8.80. The number of nitrogens with zero attached hydrogens (tertiary/aromatic N) is 4. The minimum atomic E-state index is 0.398. The highest BCUT2D eigenvalue weighted by atomic mass is 15.4. The number of aryl methyl sites for hydroxylation is 1. The maximum absolute atomic E-state index is 8.80. The van der Waals surface area contributed by atoms with Crippen LogP contribution >= 0.6 is 0 Å². The Hall–Kier alpha value is -1.37. The standard InChI is InChI=1S/C12H18N4/c1-2-9-16-12(10-5-3-4-6-10)11(7-8-13)14-15-16/h10H,2-7,9H2,1H3. The topological polar surface area (TPSA) is 54.5 Å². The van der Waals surface area contributed by atoms with Gasteiger partial charge in [0.2, 0.25) is 0 Å². The summed E-state index contributed by atoms with van der Waals surface area (Å²) in [6, 6.07) is 2.19. The van der Waals surface area contributed by atoms with Crippen LogP contribution in [0.15, 0.2) is 0 Å². The molecule has 1 aliphatic rings. The first kappa shape index (κ1) is 11.1. The molecule has 4 heteroatoms. The van der Waals surface area contributed by atoms with Crippen LogP contribution in [0, 0.1) is 11.3 Å². The van der Waals surface area contributed by atoms with E-state index in [-0.39, 0.29) is 0 Å². The minimum Gasteiger partial charge on any atom is -0.249 e. The van der Waals surface area contributed by atoms with Gasteiger partial charge in [0.1, 0.15) is 5.69 Å². The summed E-state index contributed by atoms with van der Waals surface area (Å²) in [5.74, 6) is 0.588. The molecule has 1 saturated carbocycles. The first-order valence-electron chi connectivity index (χ1n) is 6.16. The molecule has 1 fully saturated rings. The van der Waals surface area contributed by atoms with Crippen molar-refractivity contribution < 1.29 is 0 Å². The molecule has 86 valence electrons. The Kier molecular flexibility index (Phi) is 3.55. The Balaban J connectivity index is 2.28. The average molecular weight is 218 g/mol.